The summed E-state index contributed by atoms with van der Waals surface area (Å²) in [6.07, 6.45) is 9.83. The van der Waals surface area contributed by atoms with E-state index in [0.29, 0.717) is 5.82 Å². The Morgan fingerprint density at radius 2 is 2.00 bits per heavy atom. The molecule has 0 aliphatic carbocycles. The van der Waals surface area contributed by atoms with Gasteiger partial charge in [0.05, 0.1) is 29.1 Å². The van der Waals surface area contributed by atoms with E-state index in [4.69, 9.17) is 26.7 Å². The summed E-state index contributed by atoms with van der Waals surface area (Å²) in [5.41, 5.74) is 5.01. The molecule has 1 aliphatic rings. The van der Waals surface area contributed by atoms with Crippen LogP contribution in [0.15, 0.2) is 48.9 Å². The van der Waals surface area contributed by atoms with Crippen molar-refractivity contribution in [2.24, 2.45) is 0 Å². The van der Waals surface area contributed by atoms with Gasteiger partial charge >= 0.3 is 0 Å². The van der Waals surface area contributed by atoms with E-state index in [0.717, 1.165) is 53.0 Å². The molecule has 0 saturated heterocycles. The molecule has 1 atom stereocenters. The highest BCUT2D eigenvalue weighted by Gasteiger charge is 2.25. The molecule has 6 nitrogen and oxygen atoms in total. The topological polar surface area (TPSA) is 61.4 Å². The maximum absolute atomic E-state index is 6.21. The van der Waals surface area contributed by atoms with Crippen LogP contribution in [-0.4, -0.2) is 29.3 Å². The summed E-state index contributed by atoms with van der Waals surface area (Å²) in [5.74, 6) is 1.93. The fraction of sp³-hybridized carbons (Fsp3) is 0.250. The molecule has 0 amide bonds. The second kappa shape index (κ2) is 8.12. The highest BCUT2D eigenvalue weighted by atomic mass is 35.5. The average Bonchev–Trinajstić information content (AvgIpc) is 3.38. The zero-order chi connectivity index (χ0) is 21.4. The highest BCUT2D eigenvalue weighted by molar-refractivity contribution is 6.30. The SMILES string of the molecule is Cc1cn(-c2ccc(/C=C/c3nc4n(n3)CCC[C@@H]4c3cccc(Cl)c3)nc2C)cn1. The number of aromatic nitrogens is 6. The summed E-state index contributed by atoms with van der Waals surface area (Å²) < 4.78 is 4.02. The summed E-state index contributed by atoms with van der Waals surface area (Å²) in [7, 11) is 0. The summed E-state index contributed by atoms with van der Waals surface area (Å²) in [6.45, 7) is 4.87. The minimum absolute atomic E-state index is 0.223. The van der Waals surface area contributed by atoms with Gasteiger partial charge in [-0.3, -0.25) is 4.98 Å². The first kappa shape index (κ1) is 19.7. The van der Waals surface area contributed by atoms with Crippen LogP contribution < -0.4 is 0 Å². The zero-order valence-electron chi connectivity index (χ0n) is 17.5. The third kappa shape index (κ3) is 4.03. The molecule has 1 aromatic carbocycles. The van der Waals surface area contributed by atoms with E-state index in [2.05, 4.69) is 17.1 Å². The number of halogens is 1. The second-order valence-corrected chi connectivity index (χ2v) is 8.33. The van der Waals surface area contributed by atoms with Gasteiger partial charge in [-0.15, -0.1) is 0 Å². The molecule has 0 radical (unpaired) electrons. The van der Waals surface area contributed by atoms with Crippen molar-refractivity contribution in [2.75, 3.05) is 0 Å². The molecule has 0 N–H and O–H groups in total. The number of hydrogen-bond acceptors (Lipinski definition) is 4. The lowest BCUT2D eigenvalue weighted by molar-refractivity contribution is 0.445. The number of benzene rings is 1. The summed E-state index contributed by atoms with van der Waals surface area (Å²) in [6, 6.07) is 12.1. The Kier molecular flexibility index (Phi) is 5.16. The number of imidazole rings is 1. The Morgan fingerprint density at radius 3 is 2.77 bits per heavy atom. The van der Waals surface area contributed by atoms with Gasteiger partial charge in [-0.1, -0.05) is 23.7 Å². The number of fused-ring (bicyclic) bond motifs is 1. The van der Waals surface area contributed by atoms with Crippen LogP contribution in [0.25, 0.3) is 17.8 Å². The van der Waals surface area contributed by atoms with Crippen LogP contribution in [0.3, 0.4) is 0 Å². The number of hydrogen-bond donors (Lipinski definition) is 0. The van der Waals surface area contributed by atoms with E-state index in [1.807, 2.05) is 72.0 Å². The lowest BCUT2D eigenvalue weighted by atomic mass is 9.91. The molecular formula is C24H23ClN6. The molecule has 5 rings (SSSR count). The van der Waals surface area contributed by atoms with Crippen LogP contribution in [0.4, 0.5) is 0 Å². The zero-order valence-corrected chi connectivity index (χ0v) is 18.3. The number of pyridine rings is 1. The quantitative estimate of drug-likeness (QED) is 0.445. The van der Waals surface area contributed by atoms with Crippen molar-refractivity contribution >= 4 is 23.8 Å². The van der Waals surface area contributed by atoms with Crippen LogP contribution >= 0.6 is 11.6 Å². The predicted octanol–water partition coefficient (Wildman–Crippen LogP) is 5.23. The van der Waals surface area contributed by atoms with Crippen LogP contribution in [-0.2, 0) is 6.54 Å². The Bertz CT molecular complexity index is 1270. The van der Waals surface area contributed by atoms with Crippen LogP contribution in [0.1, 0.15) is 53.1 Å². The minimum Gasteiger partial charge on any atom is -0.304 e. The van der Waals surface area contributed by atoms with Gasteiger partial charge < -0.3 is 4.57 Å². The third-order valence-electron chi connectivity index (χ3n) is 5.61. The normalized spacial score (nSPS) is 16.0. The molecule has 31 heavy (non-hydrogen) atoms. The van der Waals surface area contributed by atoms with Crippen molar-refractivity contribution in [3.05, 3.63) is 88.2 Å². The largest absolute Gasteiger partial charge is 0.304 e. The van der Waals surface area contributed by atoms with Crippen molar-refractivity contribution in [1.29, 1.82) is 0 Å². The predicted molar refractivity (Wildman–Crippen MR) is 122 cm³/mol. The van der Waals surface area contributed by atoms with Crippen LogP contribution in [0.5, 0.6) is 0 Å². The molecule has 156 valence electrons. The molecule has 0 fully saturated rings. The smallest absolute Gasteiger partial charge is 0.174 e. The number of aryl methyl sites for hydroxylation is 3. The lowest BCUT2D eigenvalue weighted by Crippen LogP contribution is -2.17. The standard InChI is InChI=1S/C24H23ClN6/c1-16-14-30(15-26-16)22-10-8-20(27-17(22)2)9-11-23-28-24-21(7-4-12-31(24)29-23)18-5-3-6-19(25)13-18/h3,5-6,8-11,13-15,21H,4,7,12H2,1-2H3/b11-9+/t21-/m1/s1. The molecule has 1 aliphatic heterocycles. The van der Waals surface area contributed by atoms with Crippen molar-refractivity contribution in [2.45, 2.75) is 39.2 Å². The summed E-state index contributed by atoms with van der Waals surface area (Å²) in [4.78, 5) is 13.8. The maximum Gasteiger partial charge on any atom is 0.174 e. The molecule has 0 unspecified atom stereocenters. The van der Waals surface area contributed by atoms with Crippen LogP contribution in [0, 0.1) is 13.8 Å². The molecule has 0 spiro atoms. The average molecular weight is 431 g/mol. The van der Waals surface area contributed by atoms with Crippen molar-refractivity contribution in [1.82, 2.24) is 29.3 Å². The monoisotopic (exact) mass is 430 g/mol. The van der Waals surface area contributed by atoms with Gasteiger partial charge in [0.15, 0.2) is 5.82 Å². The molecule has 3 aromatic heterocycles. The third-order valence-corrected chi connectivity index (χ3v) is 5.85. The first-order chi connectivity index (χ1) is 15.1. The Morgan fingerprint density at radius 1 is 1.10 bits per heavy atom. The minimum atomic E-state index is 0.223. The molecule has 4 aromatic rings. The van der Waals surface area contributed by atoms with E-state index in [-0.39, 0.29) is 5.92 Å². The Balaban J connectivity index is 1.39. The Labute approximate surface area is 186 Å². The molecule has 0 saturated carbocycles. The first-order valence-electron chi connectivity index (χ1n) is 10.4. The van der Waals surface area contributed by atoms with Crippen molar-refractivity contribution in [3.63, 3.8) is 0 Å². The molecule has 0 bridgehead atoms. The number of rotatable bonds is 4. The summed E-state index contributed by atoms with van der Waals surface area (Å²) >= 11 is 6.21. The number of nitrogens with zero attached hydrogens (tertiary/aromatic N) is 6. The fourth-order valence-electron chi connectivity index (χ4n) is 4.13. The Hall–Kier alpha value is -3.25. The van der Waals surface area contributed by atoms with Gasteiger partial charge in [0.25, 0.3) is 0 Å². The van der Waals surface area contributed by atoms with Gasteiger partial charge in [0.1, 0.15) is 5.82 Å². The molecule has 7 heteroatoms. The van der Waals surface area contributed by atoms with Crippen LogP contribution in [0.2, 0.25) is 5.02 Å². The first-order valence-corrected chi connectivity index (χ1v) is 10.8. The van der Waals surface area contributed by atoms with Gasteiger partial charge in [-0.2, -0.15) is 5.10 Å². The summed E-state index contributed by atoms with van der Waals surface area (Å²) in [5, 5.41) is 5.45. The van der Waals surface area contributed by atoms with E-state index in [9.17, 15) is 0 Å². The maximum atomic E-state index is 6.21. The van der Waals surface area contributed by atoms with Crippen molar-refractivity contribution in [3.8, 4) is 5.69 Å². The fourth-order valence-corrected chi connectivity index (χ4v) is 4.33. The van der Waals surface area contributed by atoms with Gasteiger partial charge in [-0.25, -0.2) is 14.6 Å². The lowest BCUT2D eigenvalue weighted by Gasteiger charge is -2.22. The van der Waals surface area contributed by atoms with E-state index < -0.39 is 0 Å². The van der Waals surface area contributed by atoms with Gasteiger partial charge in [-0.05, 0) is 68.7 Å². The molecule has 4 heterocycles. The van der Waals surface area contributed by atoms with Gasteiger partial charge in [0, 0.05) is 23.7 Å². The van der Waals surface area contributed by atoms with E-state index in [1.165, 1.54) is 5.56 Å². The van der Waals surface area contributed by atoms with Crippen molar-refractivity contribution < 1.29 is 0 Å². The van der Waals surface area contributed by atoms with E-state index in [1.54, 1.807) is 0 Å². The van der Waals surface area contributed by atoms with E-state index >= 15 is 0 Å². The second-order valence-electron chi connectivity index (χ2n) is 7.90. The van der Waals surface area contributed by atoms with Gasteiger partial charge in [0.2, 0.25) is 0 Å². The molecular weight excluding hydrogens is 408 g/mol. The highest BCUT2D eigenvalue weighted by Crippen LogP contribution is 2.33.